The van der Waals surface area contributed by atoms with E-state index in [1.165, 1.54) is 4.90 Å². The molecule has 2 amide bonds. The van der Waals surface area contributed by atoms with E-state index in [-0.39, 0.29) is 12.5 Å². The predicted octanol–water partition coefficient (Wildman–Crippen LogP) is 1.41. The van der Waals surface area contributed by atoms with Crippen LogP contribution in [0.2, 0.25) is 0 Å². The first-order valence-corrected chi connectivity index (χ1v) is 7.48. The Labute approximate surface area is 128 Å². The first-order valence-electron chi connectivity index (χ1n) is 7.48. The first-order chi connectivity index (χ1) is 9.60. The van der Waals surface area contributed by atoms with E-state index in [1.54, 1.807) is 7.05 Å². The summed E-state index contributed by atoms with van der Waals surface area (Å²) in [4.78, 5) is 29.4. The Kier molecular flexibility index (Phi) is 6.01. The Balaban J connectivity index is 2.42. The molecule has 0 aliphatic carbocycles. The van der Waals surface area contributed by atoms with Crippen LogP contribution < -0.4 is 0 Å². The molecule has 1 rings (SSSR count). The summed E-state index contributed by atoms with van der Waals surface area (Å²) < 4.78 is 5.25. The third kappa shape index (κ3) is 5.91. The van der Waals surface area contributed by atoms with E-state index in [4.69, 9.17) is 4.74 Å². The highest BCUT2D eigenvalue weighted by Crippen LogP contribution is 2.15. The first kappa shape index (κ1) is 17.8. The lowest BCUT2D eigenvalue weighted by molar-refractivity contribution is -0.133. The van der Waals surface area contributed by atoms with E-state index in [0.29, 0.717) is 6.04 Å². The number of hydrogen-bond donors (Lipinski definition) is 0. The topological polar surface area (TPSA) is 53.1 Å². The number of likely N-dealkylation sites (N-methyl/N-ethyl adjacent to an activating group) is 1. The van der Waals surface area contributed by atoms with E-state index in [0.717, 1.165) is 25.9 Å². The summed E-state index contributed by atoms with van der Waals surface area (Å²) in [6.07, 6.45) is 1.50. The summed E-state index contributed by atoms with van der Waals surface area (Å²) in [5, 5.41) is 0. The molecule has 6 nitrogen and oxygen atoms in total. The highest BCUT2D eigenvalue weighted by atomic mass is 16.6. The molecule has 1 aliphatic rings. The van der Waals surface area contributed by atoms with E-state index >= 15 is 0 Å². The van der Waals surface area contributed by atoms with Crippen molar-refractivity contribution in [3.05, 3.63) is 0 Å². The Morgan fingerprint density at radius 1 is 1.14 bits per heavy atom. The molecular weight excluding hydrogens is 270 g/mol. The number of rotatable bonds is 3. The molecule has 0 spiro atoms. The second-order valence-corrected chi connectivity index (χ2v) is 6.91. The van der Waals surface area contributed by atoms with E-state index in [9.17, 15) is 9.59 Å². The number of nitrogens with zero attached hydrogens (tertiary/aromatic N) is 3. The highest BCUT2D eigenvalue weighted by molar-refractivity contribution is 5.82. The van der Waals surface area contributed by atoms with Crippen LogP contribution in [0.15, 0.2) is 0 Å². The van der Waals surface area contributed by atoms with Gasteiger partial charge in [0.05, 0.1) is 0 Å². The number of likely N-dealkylation sites (tertiary alicyclic amines) is 1. The molecule has 0 aromatic rings. The van der Waals surface area contributed by atoms with Crippen LogP contribution in [0.25, 0.3) is 0 Å². The molecule has 0 bridgehead atoms. The fourth-order valence-electron chi connectivity index (χ4n) is 2.34. The van der Waals surface area contributed by atoms with E-state index < -0.39 is 11.7 Å². The van der Waals surface area contributed by atoms with Gasteiger partial charge in [0.1, 0.15) is 12.1 Å². The van der Waals surface area contributed by atoms with E-state index in [1.807, 2.05) is 25.7 Å². The summed E-state index contributed by atoms with van der Waals surface area (Å²) in [6.45, 7) is 7.01. The molecule has 0 radical (unpaired) electrons. The Morgan fingerprint density at radius 2 is 1.67 bits per heavy atom. The maximum absolute atomic E-state index is 12.2. The normalized spacial score (nSPS) is 17.0. The van der Waals surface area contributed by atoms with Crippen LogP contribution in [0.1, 0.15) is 33.6 Å². The molecule has 122 valence electrons. The molecule has 6 heteroatoms. The summed E-state index contributed by atoms with van der Waals surface area (Å²) in [5.74, 6) is -0.0134. The van der Waals surface area contributed by atoms with Crippen molar-refractivity contribution in [2.24, 2.45) is 0 Å². The van der Waals surface area contributed by atoms with Gasteiger partial charge in [-0.1, -0.05) is 0 Å². The SMILES string of the molecule is CN(CC(=O)N1CCC(N(C)C)CC1)C(=O)OC(C)(C)C. The lowest BCUT2D eigenvalue weighted by atomic mass is 10.0. The summed E-state index contributed by atoms with van der Waals surface area (Å²) in [5.41, 5.74) is -0.543. The van der Waals surface area contributed by atoms with Crippen LogP contribution in [0.5, 0.6) is 0 Å². The molecule has 0 atom stereocenters. The molecule has 0 N–H and O–H groups in total. The number of piperidine rings is 1. The zero-order valence-corrected chi connectivity index (χ0v) is 14.2. The molecule has 1 aliphatic heterocycles. The van der Waals surface area contributed by atoms with Gasteiger partial charge in [0.25, 0.3) is 0 Å². The molecule has 1 saturated heterocycles. The molecule has 0 aromatic carbocycles. The van der Waals surface area contributed by atoms with Crippen molar-refractivity contribution in [3.8, 4) is 0 Å². The second-order valence-electron chi connectivity index (χ2n) is 6.91. The lowest BCUT2D eigenvalue weighted by Crippen LogP contribution is -2.48. The minimum Gasteiger partial charge on any atom is -0.444 e. The van der Waals surface area contributed by atoms with Crippen LogP contribution in [-0.2, 0) is 9.53 Å². The van der Waals surface area contributed by atoms with Crippen molar-refractivity contribution in [3.63, 3.8) is 0 Å². The monoisotopic (exact) mass is 299 g/mol. The van der Waals surface area contributed by atoms with Gasteiger partial charge < -0.3 is 19.4 Å². The zero-order chi connectivity index (χ0) is 16.2. The Bertz CT molecular complexity index is 369. The van der Waals surface area contributed by atoms with Gasteiger partial charge in [-0.25, -0.2) is 4.79 Å². The van der Waals surface area contributed by atoms with Gasteiger partial charge in [-0.05, 0) is 47.7 Å². The van der Waals surface area contributed by atoms with Crippen LogP contribution in [0, 0.1) is 0 Å². The van der Waals surface area contributed by atoms with Crippen LogP contribution in [-0.4, -0.2) is 79.1 Å². The molecule has 0 unspecified atom stereocenters. The predicted molar refractivity (Wildman–Crippen MR) is 82.2 cm³/mol. The van der Waals surface area contributed by atoms with Crippen LogP contribution >= 0.6 is 0 Å². The van der Waals surface area contributed by atoms with Crippen molar-refractivity contribution >= 4 is 12.0 Å². The van der Waals surface area contributed by atoms with Crippen molar-refractivity contribution in [2.75, 3.05) is 40.8 Å². The third-order valence-electron chi connectivity index (χ3n) is 3.63. The number of amides is 2. The Hall–Kier alpha value is -1.30. The summed E-state index contributed by atoms with van der Waals surface area (Å²) in [6, 6.07) is 0.539. The average Bonchev–Trinajstić information content (AvgIpc) is 2.36. The van der Waals surface area contributed by atoms with E-state index in [2.05, 4.69) is 19.0 Å². The molecule has 1 fully saturated rings. The number of hydrogen-bond acceptors (Lipinski definition) is 4. The molecule has 0 saturated carbocycles. The zero-order valence-electron chi connectivity index (χ0n) is 14.2. The fraction of sp³-hybridized carbons (Fsp3) is 0.867. The van der Waals surface area contributed by atoms with Crippen molar-refractivity contribution < 1.29 is 14.3 Å². The number of carbonyl (C=O) groups excluding carboxylic acids is 2. The minimum absolute atomic E-state index is 0.0134. The fourth-order valence-corrected chi connectivity index (χ4v) is 2.34. The maximum Gasteiger partial charge on any atom is 0.410 e. The highest BCUT2D eigenvalue weighted by Gasteiger charge is 2.26. The van der Waals surface area contributed by atoms with Gasteiger partial charge in [-0.3, -0.25) is 4.79 Å². The Morgan fingerprint density at radius 3 is 2.10 bits per heavy atom. The number of ether oxygens (including phenoxy) is 1. The summed E-state index contributed by atoms with van der Waals surface area (Å²) >= 11 is 0. The van der Waals surface area contributed by atoms with Gasteiger partial charge in [0.15, 0.2) is 0 Å². The second kappa shape index (κ2) is 7.11. The van der Waals surface area contributed by atoms with Gasteiger partial charge in [0, 0.05) is 26.2 Å². The third-order valence-corrected chi connectivity index (χ3v) is 3.63. The quantitative estimate of drug-likeness (QED) is 0.790. The molecule has 21 heavy (non-hydrogen) atoms. The molecule has 0 aromatic heterocycles. The largest absolute Gasteiger partial charge is 0.444 e. The lowest BCUT2D eigenvalue weighted by Gasteiger charge is -2.36. The number of carbonyl (C=O) groups is 2. The van der Waals surface area contributed by atoms with Crippen molar-refractivity contribution in [1.82, 2.24) is 14.7 Å². The molecular formula is C15H29N3O3. The summed E-state index contributed by atoms with van der Waals surface area (Å²) in [7, 11) is 5.73. The van der Waals surface area contributed by atoms with Crippen molar-refractivity contribution in [2.45, 2.75) is 45.3 Å². The standard InChI is InChI=1S/C15H29N3O3/c1-15(2,3)21-14(20)17(6)11-13(19)18-9-7-12(8-10-18)16(4)5/h12H,7-11H2,1-6H3. The van der Waals surface area contributed by atoms with Gasteiger partial charge in [0.2, 0.25) is 5.91 Å². The van der Waals surface area contributed by atoms with Crippen LogP contribution in [0.3, 0.4) is 0 Å². The molecule has 1 heterocycles. The minimum atomic E-state index is -0.543. The smallest absolute Gasteiger partial charge is 0.410 e. The van der Waals surface area contributed by atoms with Gasteiger partial charge in [-0.2, -0.15) is 0 Å². The van der Waals surface area contributed by atoms with Crippen LogP contribution in [0.4, 0.5) is 4.79 Å². The maximum atomic E-state index is 12.2. The average molecular weight is 299 g/mol. The van der Waals surface area contributed by atoms with Crippen molar-refractivity contribution in [1.29, 1.82) is 0 Å². The van der Waals surface area contributed by atoms with Gasteiger partial charge in [-0.15, -0.1) is 0 Å². The van der Waals surface area contributed by atoms with Gasteiger partial charge >= 0.3 is 6.09 Å².